The Kier molecular flexibility index (Phi) is 4.68. The molecule has 29 heavy (non-hydrogen) atoms. The smallest absolute Gasteiger partial charge is 0.261 e. The quantitative estimate of drug-likeness (QED) is 0.657. The summed E-state index contributed by atoms with van der Waals surface area (Å²) >= 11 is 0. The second-order valence-electron chi connectivity index (χ2n) is 6.81. The van der Waals surface area contributed by atoms with E-state index in [1.54, 1.807) is 48.5 Å². The summed E-state index contributed by atoms with van der Waals surface area (Å²) in [6.07, 6.45) is 0. The number of nitrogens with one attached hydrogen (secondary N) is 1. The third kappa shape index (κ3) is 3.52. The molecule has 1 aliphatic heterocycles. The fourth-order valence-electron chi connectivity index (χ4n) is 3.23. The predicted octanol–water partition coefficient (Wildman–Crippen LogP) is 3.59. The molecule has 3 aromatic carbocycles. The molecule has 6 nitrogen and oxygen atoms in total. The Labute approximate surface area is 168 Å². The van der Waals surface area contributed by atoms with E-state index in [2.05, 4.69) is 4.72 Å². The van der Waals surface area contributed by atoms with Crippen LogP contribution in [0.3, 0.4) is 0 Å². The molecule has 0 radical (unpaired) electrons. The number of benzene rings is 3. The maximum Gasteiger partial charge on any atom is 0.261 e. The number of amides is 2. The van der Waals surface area contributed by atoms with Gasteiger partial charge in [-0.1, -0.05) is 42.5 Å². The Hall–Kier alpha value is -3.45. The molecule has 0 aromatic heterocycles. The van der Waals surface area contributed by atoms with Gasteiger partial charge >= 0.3 is 0 Å². The van der Waals surface area contributed by atoms with Gasteiger partial charge in [-0.2, -0.15) is 0 Å². The first kappa shape index (κ1) is 18.9. The third-order valence-corrected chi connectivity index (χ3v) is 6.22. The zero-order chi connectivity index (χ0) is 20.6. The van der Waals surface area contributed by atoms with Crippen LogP contribution in [0.1, 0.15) is 31.8 Å². The summed E-state index contributed by atoms with van der Waals surface area (Å²) in [7, 11) is -3.74. The lowest BCUT2D eigenvalue weighted by atomic mass is 10.1. The first-order chi connectivity index (χ1) is 13.9. The maximum atomic E-state index is 12.6. The number of rotatable bonds is 5. The molecule has 0 spiro atoms. The van der Waals surface area contributed by atoms with Gasteiger partial charge in [-0.25, -0.2) is 8.42 Å². The van der Waals surface area contributed by atoms with Crippen molar-refractivity contribution in [3.63, 3.8) is 0 Å². The van der Waals surface area contributed by atoms with Crippen molar-refractivity contribution in [2.24, 2.45) is 0 Å². The van der Waals surface area contributed by atoms with Crippen molar-refractivity contribution in [2.75, 3.05) is 4.72 Å². The normalized spacial score (nSPS) is 13.5. The molecule has 0 saturated heterocycles. The number of imide groups is 1. The second-order valence-corrected chi connectivity index (χ2v) is 8.49. The Balaban J connectivity index is 1.52. The van der Waals surface area contributed by atoms with Gasteiger partial charge in [-0.05, 0) is 48.4 Å². The Bertz CT molecular complexity index is 1180. The average Bonchev–Trinajstić information content (AvgIpc) is 2.95. The summed E-state index contributed by atoms with van der Waals surface area (Å²) in [6, 6.07) is 20.0. The van der Waals surface area contributed by atoms with E-state index in [9.17, 15) is 18.0 Å². The van der Waals surface area contributed by atoms with Gasteiger partial charge in [-0.3, -0.25) is 19.2 Å². The number of hydrogen-bond donors (Lipinski definition) is 1. The Morgan fingerprint density at radius 1 is 0.793 bits per heavy atom. The number of hydrogen-bond acceptors (Lipinski definition) is 4. The molecule has 1 aliphatic rings. The van der Waals surface area contributed by atoms with Gasteiger partial charge in [-0.15, -0.1) is 0 Å². The first-order valence-corrected chi connectivity index (χ1v) is 10.5. The van der Waals surface area contributed by atoms with Crippen LogP contribution in [-0.2, 0) is 16.6 Å². The summed E-state index contributed by atoms with van der Waals surface area (Å²) in [6.45, 7) is 1.90. The van der Waals surface area contributed by atoms with Crippen LogP contribution in [0.2, 0.25) is 0 Å². The van der Waals surface area contributed by atoms with Crippen molar-refractivity contribution in [1.29, 1.82) is 0 Å². The van der Waals surface area contributed by atoms with E-state index in [1.165, 1.54) is 17.0 Å². The third-order valence-electron chi connectivity index (χ3n) is 4.84. The standard InChI is InChI=1S/C22H18N2O4S/c1-15-6-2-5-9-20(15)23-29(27,28)17-12-10-16(11-13-17)14-24-21(25)18-7-3-4-8-19(18)22(24)26/h2-13,23H,14H2,1H3. The first-order valence-electron chi connectivity index (χ1n) is 8.99. The second kappa shape index (κ2) is 7.18. The summed E-state index contributed by atoms with van der Waals surface area (Å²) in [4.78, 5) is 26.2. The number of sulfonamides is 1. The number of nitrogens with zero attached hydrogens (tertiary/aromatic N) is 1. The zero-order valence-electron chi connectivity index (χ0n) is 15.6. The Morgan fingerprint density at radius 2 is 1.34 bits per heavy atom. The van der Waals surface area contributed by atoms with Crippen LogP contribution in [0.25, 0.3) is 0 Å². The molecule has 1 N–H and O–H groups in total. The topological polar surface area (TPSA) is 83.6 Å². The SMILES string of the molecule is Cc1ccccc1NS(=O)(=O)c1ccc(CN2C(=O)c3ccccc3C2=O)cc1. The van der Waals surface area contributed by atoms with Crippen molar-refractivity contribution >= 4 is 27.5 Å². The molecule has 2 amide bonds. The molecular formula is C22H18N2O4S. The highest BCUT2D eigenvalue weighted by Crippen LogP contribution is 2.25. The van der Waals surface area contributed by atoms with Crippen LogP contribution in [0, 0.1) is 6.92 Å². The number of fused-ring (bicyclic) bond motifs is 1. The summed E-state index contributed by atoms with van der Waals surface area (Å²) in [5.74, 6) is -0.688. The molecule has 0 unspecified atom stereocenters. The molecule has 3 aromatic rings. The molecule has 0 aliphatic carbocycles. The van der Waals surface area contributed by atoms with Crippen molar-refractivity contribution in [2.45, 2.75) is 18.4 Å². The van der Waals surface area contributed by atoms with Gasteiger partial charge in [0.2, 0.25) is 0 Å². The van der Waals surface area contributed by atoms with Crippen LogP contribution in [0.5, 0.6) is 0 Å². The minimum absolute atomic E-state index is 0.0812. The van der Waals surface area contributed by atoms with Gasteiger partial charge in [0, 0.05) is 0 Å². The van der Waals surface area contributed by atoms with E-state index >= 15 is 0 Å². The van der Waals surface area contributed by atoms with E-state index in [-0.39, 0.29) is 23.3 Å². The van der Waals surface area contributed by atoms with E-state index in [0.717, 1.165) is 5.56 Å². The number of anilines is 1. The molecule has 0 fully saturated rings. The fraction of sp³-hybridized carbons (Fsp3) is 0.0909. The minimum atomic E-state index is -3.74. The molecule has 1 heterocycles. The summed E-state index contributed by atoms with van der Waals surface area (Å²) < 4.78 is 27.8. The zero-order valence-corrected chi connectivity index (χ0v) is 16.4. The maximum absolute atomic E-state index is 12.6. The van der Waals surface area contributed by atoms with Gasteiger partial charge < -0.3 is 0 Å². The number of aryl methyl sites for hydroxylation is 1. The summed E-state index contributed by atoms with van der Waals surface area (Å²) in [5.41, 5.74) is 2.77. The van der Waals surface area contributed by atoms with Crippen LogP contribution < -0.4 is 4.72 Å². The highest BCUT2D eigenvalue weighted by molar-refractivity contribution is 7.92. The predicted molar refractivity (Wildman–Crippen MR) is 109 cm³/mol. The van der Waals surface area contributed by atoms with E-state index in [4.69, 9.17) is 0 Å². The van der Waals surface area contributed by atoms with Crippen molar-refractivity contribution in [1.82, 2.24) is 4.90 Å². The number of para-hydroxylation sites is 1. The van der Waals surface area contributed by atoms with Gasteiger partial charge in [0.05, 0.1) is 28.3 Å². The van der Waals surface area contributed by atoms with E-state index in [1.807, 2.05) is 19.1 Å². The van der Waals surface area contributed by atoms with Gasteiger partial charge in [0.15, 0.2) is 0 Å². The highest BCUT2D eigenvalue weighted by Gasteiger charge is 2.34. The van der Waals surface area contributed by atoms with Crippen molar-refractivity contribution in [3.05, 3.63) is 95.1 Å². The largest absolute Gasteiger partial charge is 0.279 e. The van der Waals surface area contributed by atoms with Gasteiger partial charge in [0.25, 0.3) is 21.8 Å². The van der Waals surface area contributed by atoms with Crippen LogP contribution in [0.15, 0.2) is 77.7 Å². The lowest BCUT2D eigenvalue weighted by Gasteiger charge is -2.14. The number of carbonyl (C=O) groups excluding carboxylic acids is 2. The van der Waals surface area contributed by atoms with Crippen molar-refractivity contribution < 1.29 is 18.0 Å². The number of carbonyl (C=O) groups is 2. The fourth-order valence-corrected chi connectivity index (χ4v) is 4.36. The van der Waals surface area contributed by atoms with Crippen LogP contribution >= 0.6 is 0 Å². The lowest BCUT2D eigenvalue weighted by Crippen LogP contribution is -2.29. The summed E-state index contributed by atoms with van der Waals surface area (Å²) in [5, 5.41) is 0. The van der Waals surface area contributed by atoms with Crippen LogP contribution in [-0.4, -0.2) is 25.1 Å². The van der Waals surface area contributed by atoms with Gasteiger partial charge in [0.1, 0.15) is 0 Å². The van der Waals surface area contributed by atoms with Crippen molar-refractivity contribution in [3.8, 4) is 0 Å². The molecule has 7 heteroatoms. The molecule has 0 atom stereocenters. The molecule has 0 saturated carbocycles. The monoisotopic (exact) mass is 406 g/mol. The molecule has 146 valence electrons. The highest BCUT2D eigenvalue weighted by atomic mass is 32.2. The Morgan fingerprint density at radius 3 is 1.93 bits per heavy atom. The molecule has 0 bridgehead atoms. The van der Waals surface area contributed by atoms with E-state index < -0.39 is 10.0 Å². The average molecular weight is 406 g/mol. The minimum Gasteiger partial charge on any atom is -0.279 e. The lowest BCUT2D eigenvalue weighted by molar-refractivity contribution is 0.0642. The van der Waals surface area contributed by atoms with Crippen LogP contribution in [0.4, 0.5) is 5.69 Å². The van der Waals surface area contributed by atoms with E-state index in [0.29, 0.717) is 22.4 Å². The molecular weight excluding hydrogens is 388 g/mol. The molecule has 4 rings (SSSR count).